The average molecular weight is 438 g/mol. The lowest BCUT2D eigenvalue weighted by Crippen LogP contribution is -2.40. The smallest absolute Gasteiger partial charge is 0.408 e. The molecule has 0 saturated heterocycles. The van der Waals surface area contributed by atoms with Gasteiger partial charge in [-0.25, -0.2) is 18.6 Å². The fraction of sp³-hybridized carbons (Fsp3) is 0.591. The second kappa shape index (κ2) is 8.90. The number of aromatic nitrogens is 1. The Morgan fingerprint density at radius 1 is 1.35 bits per heavy atom. The number of ether oxygens (including phenoxy) is 2. The third-order valence-corrected chi connectivity index (χ3v) is 5.09. The number of rotatable bonds is 6. The van der Waals surface area contributed by atoms with Crippen molar-refractivity contribution in [2.45, 2.75) is 64.0 Å². The number of carbonyl (C=O) groups is 2. The fourth-order valence-electron chi connectivity index (χ4n) is 3.78. The summed E-state index contributed by atoms with van der Waals surface area (Å²) in [5.41, 5.74) is 0.441. The molecule has 2 aromatic rings. The Morgan fingerprint density at radius 3 is 2.74 bits per heavy atom. The first-order valence-electron chi connectivity index (χ1n) is 10.3. The van der Waals surface area contributed by atoms with Gasteiger partial charge in [0.15, 0.2) is 11.4 Å². The second-order valence-electron chi connectivity index (χ2n) is 8.93. The maximum absolute atomic E-state index is 14.1. The largest absolute Gasteiger partial charge is 0.444 e. The molecule has 0 spiro atoms. The minimum atomic E-state index is -2.82. The van der Waals surface area contributed by atoms with Crippen LogP contribution < -0.4 is 5.32 Å². The number of ketones is 1. The van der Waals surface area contributed by atoms with Gasteiger partial charge in [-0.05, 0) is 57.7 Å². The topological polar surface area (TPSA) is 90.7 Å². The van der Waals surface area contributed by atoms with Gasteiger partial charge in [-0.1, -0.05) is 0 Å². The van der Waals surface area contributed by atoms with Crippen LogP contribution in [-0.2, 0) is 9.47 Å². The molecular weight excluding hydrogens is 410 g/mol. The molecule has 0 unspecified atom stereocenters. The highest BCUT2D eigenvalue weighted by atomic mass is 19.3. The number of nitrogens with one attached hydrogen (secondary N) is 1. The van der Waals surface area contributed by atoms with Crippen LogP contribution in [0.3, 0.4) is 0 Å². The Kier molecular flexibility index (Phi) is 6.64. The van der Waals surface area contributed by atoms with Gasteiger partial charge in [0.25, 0.3) is 0 Å². The zero-order chi connectivity index (χ0) is 22.8. The van der Waals surface area contributed by atoms with Gasteiger partial charge in [0.2, 0.25) is 11.8 Å². The first-order valence-corrected chi connectivity index (χ1v) is 10.3. The molecular formula is C22H28F2N2O5. The molecule has 3 rings (SSSR count). The Balaban J connectivity index is 1.92. The van der Waals surface area contributed by atoms with Gasteiger partial charge in [-0.15, -0.1) is 0 Å². The Labute approximate surface area is 179 Å². The zero-order valence-corrected chi connectivity index (χ0v) is 18.2. The Morgan fingerprint density at radius 2 is 2.10 bits per heavy atom. The van der Waals surface area contributed by atoms with Gasteiger partial charge in [-0.3, -0.25) is 4.79 Å². The molecule has 0 aliphatic heterocycles. The third kappa shape index (κ3) is 6.00. The predicted molar refractivity (Wildman–Crippen MR) is 109 cm³/mol. The number of nitrogens with zero attached hydrogens (tertiary/aromatic N) is 1. The summed E-state index contributed by atoms with van der Waals surface area (Å²) in [6, 6.07) is 3.86. The highest BCUT2D eigenvalue weighted by molar-refractivity contribution is 5.99. The lowest BCUT2D eigenvalue weighted by atomic mass is 9.81. The van der Waals surface area contributed by atoms with Crippen LogP contribution in [0.1, 0.15) is 68.7 Å². The minimum absolute atomic E-state index is 0.0732. The van der Waals surface area contributed by atoms with Crippen LogP contribution in [-0.4, -0.2) is 42.1 Å². The molecule has 1 aliphatic rings. The molecule has 0 radical (unpaired) electrons. The van der Waals surface area contributed by atoms with Crippen molar-refractivity contribution in [3.8, 4) is 0 Å². The van der Waals surface area contributed by atoms with E-state index < -0.39 is 29.6 Å². The van der Waals surface area contributed by atoms with Crippen LogP contribution in [0, 0.1) is 5.92 Å². The summed E-state index contributed by atoms with van der Waals surface area (Å²) in [5, 5.41) is 2.68. The molecule has 1 heterocycles. The molecule has 7 nitrogen and oxygen atoms in total. The van der Waals surface area contributed by atoms with Crippen molar-refractivity contribution >= 4 is 23.0 Å². The molecule has 1 fully saturated rings. The van der Waals surface area contributed by atoms with Crippen molar-refractivity contribution in [1.82, 2.24) is 10.3 Å². The number of benzene rings is 1. The quantitative estimate of drug-likeness (QED) is 0.635. The molecule has 1 amide bonds. The summed E-state index contributed by atoms with van der Waals surface area (Å²) < 4.78 is 44.2. The van der Waals surface area contributed by atoms with Crippen LogP contribution in [0.25, 0.3) is 11.1 Å². The van der Waals surface area contributed by atoms with E-state index in [9.17, 15) is 18.4 Å². The van der Waals surface area contributed by atoms with E-state index >= 15 is 0 Å². The summed E-state index contributed by atoms with van der Waals surface area (Å²) in [7, 11) is 1.43. The van der Waals surface area contributed by atoms with Crippen molar-refractivity contribution in [3.05, 3.63) is 29.7 Å². The third-order valence-electron chi connectivity index (χ3n) is 5.09. The second-order valence-corrected chi connectivity index (χ2v) is 8.93. The Bertz CT molecular complexity index is 951. The van der Waals surface area contributed by atoms with Gasteiger partial charge in [0.1, 0.15) is 23.8 Å². The number of hydrogen-bond acceptors (Lipinski definition) is 6. The van der Waals surface area contributed by atoms with E-state index in [1.165, 1.54) is 7.11 Å². The van der Waals surface area contributed by atoms with E-state index in [-0.39, 0.29) is 31.1 Å². The van der Waals surface area contributed by atoms with Crippen LogP contribution in [0.15, 0.2) is 22.6 Å². The monoisotopic (exact) mass is 438 g/mol. The highest BCUT2D eigenvalue weighted by Crippen LogP contribution is 2.42. The van der Waals surface area contributed by atoms with Gasteiger partial charge in [0, 0.05) is 25.5 Å². The lowest BCUT2D eigenvalue weighted by molar-refractivity contribution is -0.0602. The van der Waals surface area contributed by atoms with E-state index in [4.69, 9.17) is 13.9 Å². The molecule has 9 heteroatoms. The number of alkyl halides is 2. The number of hydrogen-bond donors (Lipinski definition) is 1. The molecule has 1 N–H and O–H groups in total. The first-order chi connectivity index (χ1) is 14.5. The van der Waals surface area contributed by atoms with Gasteiger partial charge >= 0.3 is 6.09 Å². The predicted octanol–water partition coefficient (Wildman–Crippen LogP) is 5.05. The summed E-state index contributed by atoms with van der Waals surface area (Å²) >= 11 is 0. The van der Waals surface area contributed by atoms with Crippen molar-refractivity contribution < 1.29 is 32.3 Å². The summed E-state index contributed by atoms with van der Waals surface area (Å²) in [6.07, 6.45) is -0.471. The van der Waals surface area contributed by atoms with Crippen molar-refractivity contribution in [2.75, 3.05) is 13.7 Å². The highest BCUT2D eigenvalue weighted by Gasteiger charge is 2.42. The summed E-state index contributed by atoms with van der Waals surface area (Å²) in [4.78, 5) is 28.9. The average Bonchev–Trinajstić information content (AvgIpc) is 3.07. The number of fused-ring (bicyclic) bond motifs is 1. The molecule has 31 heavy (non-hydrogen) atoms. The molecule has 1 aliphatic carbocycles. The SMILES string of the molecule is COCC(=O)c1ccc2oc([C@@H](NC(=O)OC(C)(C)C)[C@H]3CCCC(F)(F)C3)nc2c1. The number of amides is 1. The normalized spacial score (nSPS) is 19.7. The number of halogens is 2. The number of methoxy groups -OCH3 is 1. The first kappa shape index (κ1) is 23.1. The van der Waals surface area contributed by atoms with Gasteiger partial charge in [0.05, 0.1) is 0 Å². The molecule has 1 aromatic heterocycles. The molecule has 170 valence electrons. The summed E-state index contributed by atoms with van der Waals surface area (Å²) in [5.74, 6) is -3.49. The lowest BCUT2D eigenvalue weighted by Gasteiger charge is -2.33. The van der Waals surface area contributed by atoms with Crippen molar-refractivity contribution in [3.63, 3.8) is 0 Å². The van der Waals surface area contributed by atoms with E-state index in [2.05, 4.69) is 10.3 Å². The summed E-state index contributed by atoms with van der Waals surface area (Å²) in [6.45, 7) is 5.08. The van der Waals surface area contributed by atoms with Crippen LogP contribution >= 0.6 is 0 Å². The van der Waals surface area contributed by atoms with E-state index in [1.807, 2.05) is 0 Å². The minimum Gasteiger partial charge on any atom is -0.444 e. The fourth-order valence-corrected chi connectivity index (χ4v) is 3.78. The van der Waals surface area contributed by atoms with E-state index in [0.717, 1.165) is 0 Å². The van der Waals surface area contributed by atoms with Gasteiger partial charge in [-0.2, -0.15) is 0 Å². The van der Waals surface area contributed by atoms with Crippen molar-refractivity contribution in [1.29, 1.82) is 0 Å². The zero-order valence-electron chi connectivity index (χ0n) is 18.2. The number of alkyl carbamates (subject to hydrolysis) is 1. The van der Waals surface area contributed by atoms with E-state index in [1.54, 1.807) is 39.0 Å². The van der Waals surface area contributed by atoms with Crippen LogP contribution in [0.4, 0.5) is 13.6 Å². The number of Topliss-reactive ketones (excluding diaryl/α,β-unsaturated/α-hetero) is 1. The number of oxazole rings is 1. The van der Waals surface area contributed by atoms with Crippen molar-refractivity contribution in [2.24, 2.45) is 5.92 Å². The van der Waals surface area contributed by atoms with Gasteiger partial charge < -0.3 is 19.2 Å². The molecule has 2 atom stereocenters. The molecule has 1 aromatic carbocycles. The maximum Gasteiger partial charge on any atom is 0.408 e. The Hall–Kier alpha value is -2.55. The van der Waals surface area contributed by atoms with Crippen LogP contribution in [0.5, 0.6) is 0 Å². The maximum atomic E-state index is 14.1. The molecule has 0 bridgehead atoms. The van der Waals surface area contributed by atoms with Crippen LogP contribution in [0.2, 0.25) is 0 Å². The van der Waals surface area contributed by atoms with E-state index in [0.29, 0.717) is 29.5 Å². The standard InChI is InChI=1S/C22H28F2N2O5/c1-21(2,3)31-20(28)26-18(14-6-5-9-22(23,24)11-14)19-25-15-10-13(16(27)12-29-4)7-8-17(15)30-19/h7-8,10,14,18H,5-6,9,11-12H2,1-4H3,(H,26,28)/t14-,18-/m0/s1. The molecule has 1 saturated carbocycles. The number of carbonyl (C=O) groups excluding carboxylic acids is 2.